The number of pyridine rings is 1. The number of hydrogen-bond donors (Lipinski definition) is 3. The van der Waals surface area contributed by atoms with Gasteiger partial charge in [-0.1, -0.05) is 18.2 Å². The minimum atomic E-state index is -0.979. The molecule has 0 aliphatic rings. The van der Waals surface area contributed by atoms with Gasteiger partial charge in [-0.2, -0.15) is 0 Å². The van der Waals surface area contributed by atoms with E-state index in [2.05, 4.69) is 15.7 Å². The van der Waals surface area contributed by atoms with Crippen molar-refractivity contribution in [2.45, 2.75) is 12.2 Å². The number of para-hydroxylation sites is 1. The molecule has 0 bridgehead atoms. The van der Waals surface area contributed by atoms with Gasteiger partial charge < -0.3 is 10.7 Å². The summed E-state index contributed by atoms with van der Waals surface area (Å²) in [5.41, 5.74) is 4.18. The molecule has 1 aromatic heterocycles. The Bertz CT molecular complexity index is 690. The smallest absolute Gasteiger partial charge is 0.270 e. The number of aromatic nitrogens is 1. The van der Waals surface area contributed by atoms with Crippen molar-refractivity contribution < 1.29 is 9.00 Å². The molecule has 2 rings (SSSR count). The molecule has 2 aromatic rings. The van der Waals surface area contributed by atoms with Crippen LogP contribution in [0.3, 0.4) is 0 Å². The molecule has 7 heteroatoms. The van der Waals surface area contributed by atoms with Gasteiger partial charge in [0.1, 0.15) is 5.69 Å². The number of nitrogens with one attached hydrogen (secondary N) is 2. The second-order valence-corrected chi connectivity index (χ2v) is 6.54. The van der Waals surface area contributed by atoms with Gasteiger partial charge in [0.2, 0.25) is 0 Å². The molecule has 6 nitrogen and oxygen atoms in total. The zero-order valence-electron chi connectivity index (χ0n) is 11.9. The summed E-state index contributed by atoms with van der Waals surface area (Å²) in [6.45, 7) is 2.15. The SMILES string of the molecule is CC(CNC(=O)c1cc(NN)c2ccccc2n1)S(C)=O. The van der Waals surface area contributed by atoms with Gasteiger partial charge in [0.15, 0.2) is 0 Å². The fourth-order valence-corrected chi connectivity index (χ4v) is 2.17. The van der Waals surface area contributed by atoms with Crippen LogP contribution in [0.25, 0.3) is 10.9 Å². The van der Waals surface area contributed by atoms with Crippen molar-refractivity contribution in [3.05, 3.63) is 36.0 Å². The van der Waals surface area contributed by atoms with Crippen molar-refractivity contribution in [2.24, 2.45) is 5.84 Å². The summed E-state index contributed by atoms with van der Waals surface area (Å²) >= 11 is 0. The number of carbonyl (C=O) groups is 1. The van der Waals surface area contributed by atoms with E-state index in [0.29, 0.717) is 17.7 Å². The Kier molecular flexibility index (Phi) is 4.87. The molecule has 0 saturated heterocycles. The zero-order chi connectivity index (χ0) is 15.4. The Hall–Kier alpha value is -1.99. The number of nitrogens with two attached hydrogens (primary N) is 1. The van der Waals surface area contributed by atoms with E-state index < -0.39 is 10.8 Å². The number of hydrazine groups is 1. The second-order valence-electron chi connectivity index (χ2n) is 4.74. The van der Waals surface area contributed by atoms with Crippen molar-refractivity contribution >= 4 is 33.3 Å². The van der Waals surface area contributed by atoms with Crippen molar-refractivity contribution in [1.82, 2.24) is 10.3 Å². The molecule has 112 valence electrons. The fourth-order valence-electron chi connectivity index (χ4n) is 1.86. The maximum absolute atomic E-state index is 12.1. The maximum Gasteiger partial charge on any atom is 0.270 e. The minimum absolute atomic E-state index is 0.110. The predicted molar refractivity (Wildman–Crippen MR) is 85.4 cm³/mol. The summed E-state index contributed by atoms with van der Waals surface area (Å²) in [5, 5.41) is 3.47. The number of fused-ring (bicyclic) bond motifs is 1. The Labute approximate surface area is 125 Å². The van der Waals surface area contributed by atoms with E-state index in [1.165, 1.54) is 0 Å². The highest BCUT2D eigenvalue weighted by Gasteiger charge is 2.13. The first-order chi connectivity index (χ1) is 10.0. The van der Waals surface area contributed by atoms with E-state index in [-0.39, 0.29) is 16.9 Å². The first-order valence-corrected chi connectivity index (χ1v) is 8.12. The molecule has 2 atom stereocenters. The quantitative estimate of drug-likeness (QED) is 0.566. The van der Waals surface area contributed by atoms with Crippen LogP contribution in [0.4, 0.5) is 5.69 Å². The van der Waals surface area contributed by atoms with Crippen LogP contribution in [-0.2, 0) is 10.8 Å². The van der Waals surface area contributed by atoms with Crippen LogP contribution in [0.5, 0.6) is 0 Å². The first kappa shape index (κ1) is 15.4. The highest BCUT2D eigenvalue weighted by molar-refractivity contribution is 7.84. The minimum Gasteiger partial charge on any atom is -0.350 e. The molecular weight excluding hydrogens is 288 g/mol. The van der Waals surface area contributed by atoms with Gasteiger partial charge in [-0.3, -0.25) is 14.8 Å². The number of anilines is 1. The molecule has 1 amide bonds. The van der Waals surface area contributed by atoms with Gasteiger partial charge in [-0.25, -0.2) is 4.98 Å². The molecule has 21 heavy (non-hydrogen) atoms. The van der Waals surface area contributed by atoms with Crippen LogP contribution in [0.1, 0.15) is 17.4 Å². The summed E-state index contributed by atoms with van der Waals surface area (Å²) in [6.07, 6.45) is 1.61. The number of benzene rings is 1. The van der Waals surface area contributed by atoms with E-state index >= 15 is 0 Å². The molecule has 0 radical (unpaired) electrons. The summed E-state index contributed by atoms with van der Waals surface area (Å²) < 4.78 is 11.3. The maximum atomic E-state index is 12.1. The monoisotopic (exact) mass is 306 g/mol. The van der Waals surface area contributed by atoms with E-state index in [9.17, 15) is 9.00 Å². The average molecular weight is 306 g/mol. The lowest BCUT2D eigenvalue weighted by Gasteiger charge is -2.11. The van der Waals surface area contributed by atoms with Crippen LogP contribution in [0.15, 0.2) is 30.3 Å². The third kappa shape index (κ3) is 3.56. The van der Waals surface area contributed by atoms with Crippen LogP contribution < -0.4 is 16.6 Å². The zero-order valence-corrected chi connectivity index (χ0v) is 12.7. The molecule has 4 N–H and O–H groups in total. The van der Waals surface area contributed by atoms with Gasteiger partial charge in [0.05, 0.1) is 11.2 Å². The van der Waals surface area contributed by atoms with Gasteiger partial charge in [0, 0.05) is 34.2 Å². The van der Waals surface area contributed by atoms with Crippen LogP contribution in [-0.4, -0.2) is 33.2 Å². The van der Waals surface area contributed by atoms with Crippen LogP contribution in [0.2, 0.25) is 0 Å². The number of rotatable bonds is 5. The van der Waals surface area contributed by atoms with Crippen molar-refractivity contribution in [3.8, 4) is 0 Å². The highest BCUT2D eigenvalue weighted by Crippen LogP contribution is 2.22. The lowest BCUT2D eigenvalue weighted by Crippen LogP contribution is -2.33. The highest BCUT2D eigenvalue weighted by atomic mass is 32.2. The molecular formula is C14H18N4O2S. The number of nitrogen functional groups attached to an aromatic ring is 1. The van der Waals surface area contributed by atoms with Crippen molar-refractivity contribution in [1.29, 1.82) is 0 Å². The third-order valence-electron chi connectivity index (χ3n) is 3.22. The topological polar surface area (TPSA) is 97.1 Å². The Morgan fingerprint density at radius 1 is 1.43 bits per heavy atom. The normalized spacial score (nSPS) is 13.7. The summed E-state index contributed by atoms with van der Waals surface area (Å²) in [4.78, 5) is 16.5. The number of nitrogens with zero attached hydrogens (tertiary/aromatic N) is 1. The predicted octanol–water partition coefficient (Wildman–Crippen LogP) is 1.02. The number of amides is 1. The molecule has 2 unspecified atom stereocenters. The van der Waals surface area contributed by atoms with Crippen LogP contribution >= 0.6 is 0 Å². The average Bonchev–Trinajstić information content (AvgIpc) is 2.50. The molecule has 0 fully saturated rings. The largest absolute Gasteiger partial charge is 0.350 e. The molecule has 1 heterocycles. The van der Waals surface area contributed by atoms with E-state index in [0.717, 1.165) is 5.39 Å². The molecule has 0 spiro atoms. The van der Waals surface area contributed by atoms with Gasteiger partial charge in [-0.05, 0) is 19.1 Å². The lowest BCUT2D eigenvalue weighted by molar-refractivity contribution is 0.0949. The van der Waals surface area contributed by atoms with Gasteiger partial charge in [0.25, 0.3) is 5.91 Å². The lowest BCUT2D eigenvalue weighted by atomic mass is 10.1. The van der Waals surface area contributed by atoms with E-state index in [1.54, 1.807) is 12.3 Å². The Balaban J connectivity index is 2.25. The van der Waals surface area contributed by atoms with E-state index in [4.69, 9.17) is 5.84 Å². The first-order valence-electron chi connectivity index (χ1n) is 6.49. The standard InChI is InChI=1S/C14H18N4O2S/c1-9(21(2)20)8-16-14(19)13-7-12(18-15)10-5-3-4-6-11(10)17-13/h3-7,9H,8,15H2,1-2H3,(H,16,19)(H,17,18). The number of hydrogen-bond acceptors (Lipinski definition) is 5. The van der Waals surface area contributed by atoms with Crippen molar-refractivity contribution in [3.63, 3.8) is 0 Å². The molecule has 0 aliphatic heterocycles. The Morgan fingerprint density at radius 2 is 2.14 bits per heavy atom. The number of carbonyl (C=O) groups excluding carboxylic acids is 1. The van der Waals surface area contributed by atoms with Gasteiger partial charge in [-0.15, -0.1) is 0 Å². The summed E-state index contributed by atoms with van der Waals surface area (Å²) in [6, 6.07) is 9.02. The fraction of sp³-hybridized carbons (Fsp3) is 0.286. The van der Waals surface area contributed by atoms with Crippen LogP contribution in [0, 0.1) is 0 Å². The van der Waals surface area contributed by atoms with E-state index in [1.807, 2.05) is 31.2 Å². The van der Waals surface area contributed by atoms with Gasteiger partial charge >= 0.3 is 0 Å². The molecule has 0 saturated carbocycles. The van der Waals surface area contributed by atoms with Crippen molar-refractivity contribution in [2.75, 3.05) is 18.2 Å². The summed E-state index contributed by atoms with van der Waals surface area (Å²) in [7, 11) is -0.979. The Morgan fingerprint density at radius 3 is 2.81 bits per heavy atom. The summed E-state index contributed by atoms with van der Waals surface area (Å²) in [5.74, 6) is 5.19. The molecule has 1 aromatic carbocycles. The second kappa shape index (κ2) is 6.64. The molecule has 0 aliphatic carbocycles. The third-order valence-corrected chi connectivity index (χ3v) is 4.52.